The van der Waals surface area contributed by atoms with Crippen molar-refractivity contribution in [3.63, 3.8) is 0 Å². The van der Waals surface area contributed by atoms with Crippen molar-refractivity contribution in [3.8, 4) is 11.3 Å². The molecule has 3 heterocycles. The van der Waals surface area contributed by atoms with Crippen LogP contribution in [0.25, 0.3) is 11.3 Å². The molecule has 2 aromatic heterocycles. The lowest BCUT2D eigenvalue weighted by Crippen LogP contribution is -2.28. The fraction of sp³-hybridized carbons (Fsp3) is 0.286. The van der Waals surface area contributed by atoms with E-state index in [4.69, 9.17) is 4.42 Å². The second kappa shape index (κ2) is 8.41. The Hall–Kier alpha value is -2.36. The van der Waals surface area contributed by atoms with Crippen molar-refractivity contribution in [2.45, 2.75) is 24.3 Å². The number of rotatable bonds is 6. The summed E-state index contributed by atoms with van der Waals surface area (Å²) in [5, 5.41) is 0. The van der Waals surface area contributed by atoms with Crippen molar-refractivity contribution in [3.05, 3.63) is 64.6 Å². The van der Waals surface area contributed by atoms with Crippen molar-refractivity contribution in [1.82, 2.24) is 14.2 Å². The van der Waals surface area contributed by atoms with Crippen LogP contribution in [0, 0.1) is 0 Å². The largest absolute Gasteiger partial charge is 0.459 e. The minimum absolute atomic E-state index is 0.122. The molecule has 0 atom stereocenters. The van der Waals surface area contributed by atoms with Gasteiger partial charge in [-0.2, -0.15) is 4.31 Å². The highest BCUT2D eigenvalue weighted by Crippen LogP contribution is 2.25. The standard InChI is InChI=1S/C21H22BrN3O4S/c1-24(14-17-8-9-20(29-17)15-4-6-16(22)7-5-15)21(26)19-12-18(13-23-19)30(27,28)25-10-2-3-11-25/h4-9,12-13,23H,2-3,10-11,14H2,1H3. The highest BCUT2D eigenvalue weighted by atomic mass is 79.9. The molecule has 30 heavy (non-hydrogen) atoms. The molecule has 0 unspecified atom stereocenters. The van der Waals surface area contributed by atoms with Gasteiger partial charge < -0.3 is 14.3 Å². The number of carbonyl (C=O) groups is 1. The van der Waals surface area contributed by atoms with Crippen LogP contribution in [0.5, 0.6) is 0 Å². The van der Waals surface area contributed by atoms with E-state index < -0.39 is 10.0 Å². The van der Waals surface area contributed by atoms with Crippen LogP contribution in [0.3, 0.4) is 0 Å². The van der Waals surface area contributed by atoms with Crippen LogP contribution in [0.15, 0.2) is 62.4 Å². The number of amides is 1. The predicted octanol–water partition coefficient (Wildman–Crippen LogP) is 4.09. The highest BCUT2D eigenvalue weighted by molar-refractivity contribution is 9.10. The van der Waals surface area contributed by atoms with Gasteiger partial charge in [0, 0.05) is 36.4 Å². The SMILES string of the molecule is CN(Cc1ccc(-c2ccc(Br)cc2)o1)C(=O)c1cc(S(=O)(=O)N2CCCC2)c[nH]1. The van der Waals surface area contributed by atoms with Crippen LogP contribution >= 0.6 is 15.9 Å². The maximum absolute atomic E-state index is 12.8. The Morgan fingerprint density at radius 3 is 2.57 bits per heavy atom. The number of furan rings is 1. The Morgan fingerprint density at radius 1 is 1.17 bits per heavy atom. The summed E-state index contributed by atoms with van der Waals surface area (Å²) < 4.78 is 33.6. The fourth-order valence-electron chi connectivity index (χ4n) is 3.47. The lowest BCUT2D eigenvalue weighted by molar-refractivity contribution is 0.0770. The Bertz CT molecular complexity index is 1150. The fourth-order valence-corrected chi connectivity index (χ4v) is 5.24. The molecule has 0 spiro atoms. The Labute approximate surface area is 183 Å². The quantitative estimate of drug-likeness (QED) is 0.562. The van der Waals surface area contributed by atoms with E-state index in [9.17, 15) is 13.2 Å². The lowest BCUT2D eigenvalue weighted by atomic mass is 10.2. The van der Waals surface area contributed by atoms with Gasteiger partial charge in [-0.05, 0) is 43.2 Å². The summed E-state index contributed by atoms with van der Waals surface area (Å²) in [5.41, 5.74) is 1.18. The number of benzene rings is 1. The first-order valence-electron chi connectivity index (χ1n) is 9.63. The maximum Gasteiger partial charge on any atom is 0.270 e. The number of H-pyrrole nitrogens is 1. The van der Waals surface area contributed by atoms with Gasteiger partial charge in [0.1, 0.15) is 22.1 Å². The predicted molar refractivity (Wildman–Crippen MR) is 116 cm³/mol. The molecule has 0 bridgehead atoms. The summed E-state index contributed by atoms with van der Waals surface area (Å²) in [6.45, 7) is 1.31. The molecule has 1 aromatic carbocycles. The molecular weight excluding hydrogens is 470 g/mol. The van der Waals surface area contributed by atoms with Gasteiger partial charge in [0.2, 0.25) is 10.0 Å². The van der Waals surface area contributed by atoms with E-state index in [0.717, 1.165) is 28.6 Å². The van der Waals surface area contributed by atoms with Gasteiger partial charge >= 0.3 is 0 Å². The molecule has 1 amide bonds. The minimum atomic E-state index is -3.56. The summed E-state index contributed by atoms with van der Waals surface area (Å²) in [5.74, 6) is 1.05. The number of hydrogen-bond acceptors (Lipinski definition) is 4. The molecule has 0 saturated carbocycles. The molecule has 1 N–H and O–H groups in total. The van der Waals surface area contributed by atoms with Crippen molar-refractivity contribution < 1.29 is 17.6 Å². The van der Waals surface area contributed by atoms with E-state index in [0.29, 0.717) is 18.8 Å². The molecule has 7 nitrogen and oxygen atoms in total. The third-order valence-corrected chi connectivity index (χ3v) is 7.52. The molecule has 1 aliphatic rings. The van der Waals surface area contributed by atoms with Crippen molar-refractivity contribution in [2.75, 3.05) is 20.1 Å². The number of aromatic amines is 1. The molecule has 158 valence electrons. The molecule has 1 fully saturated rings. The monoisotopic (exact) mass is 491 g/mol. The molecule has 4 rings (SSSR count). The van der Waals surface area contributed by atoms with E-state index in [2.05, 4.69) is 20.9 Å². The number of aromatic nitrogens is 1. The Morgan fingerprint density at radius 2 is 1.87 bits per heavy atom. The molecule has 0 radical (unpaired) electrons. The molecule has 0 aliphatic carbocycles. The van der Waals surface area contributed by atoms with Crippen LogP contribution in [0.2, 0.25) is 0 Å². The third kappa shape index (κ3) is 4.23. The van der Waals surface area contributed by atoms with Gasteiger partial charge in [0.15, 0.2) is 0 Å². The zero-order valence-corrected chi connectivity index (χ0v) is 18.9. The Balaban J connectivity index is 1.44. The first-order chi connectivity index (χ1) is 14.3. The summed E-state index contributed by atoms with van der Waals surface area (Å²) in [6.07, 6.45) is 3.11. The third-order valence-electron chi connectivity index (χ3n) is 5.12. The van der Waals surface area contributed by atoms with Crippen molar-refractivity contribution in [1.29, 1.82) is 0 Å². The van der Waals surface area contributed by atoms with Crippen LogP contribution in [-0.4, -0.2) is 48.7 Å². The van der Waals surface area contributed by atoms with Crippen molar-refractivity contribution in [2.24, 2.45) is 0 Å². The summed E-state index contributed by atoms with van der Waals surface area (Å²) in [7, 11) is -1.90. The van der Waals surface area contributed by atoms with Gasteiger partial charge in [-0.1, -0.05) is 28.1 Å². The van der Waals surface area contributed by atoms with E-state index in [1.54, 1.807) is 7.05 Å². The van der Waals surface area contributed by atoms with E-state index in [-0.39, 0.29) is 23.0 Å². The van der Waals surface area contributed by atoms with E-state index in [1.807, 2.05) is 36.4 Å². The average molecular weight is 492 g/mol. The van der Waals surface area contributed by atoms with Crippen LogP contribution < -0.4 is 0 Å². The molecule has 9 heteroatoms. The van der Waals surface area contributed by atoms with Crippen LogP contribution in [-0.2, 0) is 16.6 Å². The zero-order chi connectivity index (χ0) is 21.3. The Kier molecular flexibility index (Phi) is 5.86. The highest BCUT2D eigenvalue weighted by Gasteiger charge is 2.29. The second-order valence-corrected chi connectivity index (χ2v) is 10.1. The number of nitrogens with one attached hydrogen (secondary N) is 1. The first kappa shape index (κ1) is 20.9. The van der Waals surface area contributed by atoms with Crippen LogP contribution in [0.1, 0.15) is 29.1 Å². The molecule has 1 saturated heterocycles. The van der Waals surface area contributed by atoms with Gasteiger partial charge in [-0.15, -0.1) is 0 Å². The summed E-state index contributed by atoms with van der Waals surface area (Å²) in [6, 6.07) is 12.9. The first-order valence-corrected chi connectivity index (χ1v) is 11.9. The van der Waals surface area contributed by atoms with Gasteiger partial charge in [-0.3, -0.25) is 4.79 Å². The van der Waals surface area contributed by atoms with Crippen LogP contribution in [0.4, 0.5) is 0 Å². The van der Waals surface area contributed by atoms with Gasteiger partial charge in [0.05, 0.1) is 6.54 Å². The topological polar surface area (TPSA) is 86.6 Å². The normalized spacial score (nSPS) is 14.9. The average Bonchev–Trinajstić information content (AvgIpc) is 3.48. The van der Waals surface area contributed by atoms with E-state index in [1.165, 1.54) is 21.5 Å². The number of nitrogens with zero attached hydrogens (tertiary/aromatic N) is 2. The lowest BCUT2D eigenvalue weighted by Gasteiger charge is -2.15. The number of halogens is 1. The van der Waals surface area contributed by atoms with Gasteiger partial charge in [0.25, 0.3) is 5.91 Å². The number of hydrogen-bond donors (Lipinski definition) is 1. The zero-order valence-electron chi connectivity index (χ0n) is 16.5. The summed E-state index contributed by atoms with van der Waals surface area (Å²) in [4.78, 5) is 17.2. The molecule has 1 aliphatic heterocycles. The number of sulfonamides is 1. The van der Waals surface area contributed by atoms with Gasteiger partial charge in [-0.25, -0.2) is 8.42 Å². The maximum atomic E-state index is 12.8. The smallest absolute Gasteiger partial charge is 0.270 e. The minimum Gasteiger partial charge on any atom is -0.459 e. The molecular formula is C21H22BrN3O4S. The molecule has 3 aromatic rings. The number of carbonyl (C=O) groups excluding carboxylic acids is 1. The summed E-state index contributed by atoms with van der Waals surface area (Å²) >= 11 is 3.41. The van der Waals surface area contributed by atoms with E-state index >= 15 is 0 Å². The van der Waals surface area contributed by atoms with Crippen molar-refractivity contribution >= 4 is 31.9 Å². The second-order valence-electron chi connectivity index (χ2n) is 7.29.